The van der Waals surface area contributed by atoms with Crippen molar-refractivity contribution in [1.29, 1.82) is 0 Å². The fourth-order valence-electron chi connectivity index (χ4n) is 4.74. The molecule has 1 aliphatic heterocycles. The Kier molecular flexibility index (Phi) is 9.48. The number of hydrogen-bond donors (Lipinski definition) is 1. The van der Waals surface area contributed by atoms with Gasteiger partial charge in [0, 0.05) is 0 Å². The third-order valence-corrected chi connectivity index (χ3v) is 6.91. The first-order valence-electron chi connectivity index (χ1n) is 12.6. The number of carboxylic acids is 1. The molecular formula is C28H46O4. The van der Waals surface area contributed by atoms with Crippen LogP contribution in [-0.2, 0) is 11.2 Å². The lowest BCUT2D eigenvalue weighted by atomic mass is 9.86. The molecule has 182 valence electrons. The molecule has 4 nitrogen and oxygen atoms in total. The van der Waals surface area contributed by atoms with Gasteiger partial charge in [0.2, 0.25) is 0 Å². The minimum Gasteiger partial charge on any atom is -0.491 e. The Morgan fingerprint density at radius 2 is 1.84 bits per heavy atom. The Bertz CT molecular complexity index is 739. The van der Waals surface area contributed by atoms with Crippen LogP contribution in [0.25, 0.3) is 0 Å². The average Bonchev–Trinajstić information content (AvgIpc) is 2.67. The first-order valence-corrected chi connectivity index (χ1v) is 12.6. The van der Waals surface area contributed by atoms with Gasteiger partial charge in [0.15, 0.2) is 0 Å². The number of aliphatic carboxylic acids is 1. The van der Waals surface area contributed by atoms with Gasteiger partial charge in [-0.3, -0.25) is 4.79 Å². The highest BCUT2D eigenvalue weighted by atomic mass is 16.5. The summed E-state index contributed by atoms with van der Waals surface area (Å²) in [6.45, 7) is 14.7. The second-order valence-electron chi connectivity index (χ2n) is 11.5. The van der Waals surface area contributed by atoms with Crippen LogP contribution in [0.15, 0.2) is 18.2 Å². The van der Waals surface area contributed by atoms with Gasteiger partial charge in [0.25, 0.3) is 0 Å². The highest BCUT2D eigenvalue weighted by Gasteiger charge is 2.32. The van der Waals surface area contributed by atoms with Gasteiger partial charge in [-0.1, -0.05) is 46.5 Å². The molecule has 32 heavy (non-hydrogen) atoms. The molecule has 0 fully saturated rings. The van der Waals surface area contributed by atoms with Crippen LogP contribution in [-0.4, -0.2) is 22.8 Å². The molecule has 1 N–H and O–H groups in total. The molecule has 3 atom stereocenters. The average molecular weight is 447 g/mol. The maximum absolute atomic E-state index is 11.4. The highest BCUT2D eigenvalue weighted by molar-refractivity contribution is 5.73. The molecule has 0 aromatic heterocycles. The van der Waals surface area contributed by atoms with Crippen molar-refractivity contribution in [2.24, 2.45) is 17.3 Å². The van der Waals surface area contributed by atoms with E-state index in [4.69, 9.17) is 9.47 Å². The van der Waals surface area contributed by atoms with Crippen molar-refractivity contribution in [2.45, 2.75) is 118 Å². The van der Waals surface area contributed by atoms with E-state index in [1.165, 1.54) is 37.7 Å². The van der Waals surface area contributed by atoms with E-state index in [1.807, 2.05) is 19.1 Å². The van der Waals surface area contributed by atoms with Crippen molar-refractivity contribution in [3.8, 4) is 11.5 Å². The molecule has 1 aromatic carbocycles. The van der Waals surface area contributed by atoms with E-state index in [9.17, 15) is 9.90 Å². The van der Waals surface area contributed by atoms with Crippen molar-refractivity contribution in [3.63, 3.8) is 0 Å². The number of benzene rings is 1. The molecule has 0 spiro atoms. The number of carboxylic acid groups (broad SMARTS) is 1. The van der Waals surface area contributed by atoms with Crippen LogP contribution >= 0.6 is 0 Å². The third-order valence-electron chi connectivity index (χ3n) is 6.91. The standard InChI is InChI=1S/C28H46O4/c1-20(2)10-8-11-21(3)12-9-16-28(7)17-15-23-18-24(13-14-25(23)32-28)31-22(4)19-27(5,6)26(29)30/h13-14,18,20-22H,8-12,15-17,19H2,1-7H3,(H,29,30). The Morgan fingerprint density at radius 3 is 2.50 bits per heavy atom. The Morgan fingerprint density at radius 1 is 1.16 bits per heavy atom. The van der Waals surface area contributed by atoms with Crippen LogP contribution < -0.4 is 9.47 Å². The van der Waals surface area contributed by atoms with E-state index in [0.717, 1.165) is 42.6 Å². The van der Waals surface area contributed by atoms with Crippen LogP contribution in [0.4, 0.5) is 0 Å². The van der Waals surface area contributed by atoms with E-state index in [0.29, 0.717) is 6.42 Å². The van der Waals surface area contributed by atoms with Gasteiger partial charge in [-0.15, -0.1) is 0 Å². The molecule has 0 saturated carbocycles. The van der Waals surface area contributed by atoms with Gasteiger partial charge in [0.1, 0.15) is 17.1 Å². The summed E-state index contributed by atoms with van der Waals surface area (Å²) in [7, 11) is 0. The smallest absolute Gasteiger partial charge is 0.309 e. The lowest BCUT2D eigenvalue weighted by molar-refractivity contribution is -0.148. The molecule has 0 saturated heterocycles. The largest absolute Gasteiger partial charge is 0.491 e. The lowest BCUT2D eigenvalue weighted by Crippen LogP contribution is -2.36. The highest BCUT2D eigenvalue weighted by Crippen LogP contribution is 2.38. The predicted octanol–water partition coefficient (Wildman–Crippen LogP) is 7.67. The summed E-state index contributed by atoms with van der Waals surface area (Å²) in [6.07, 6.45) is 9.91. The van der Waals surface area contributed by atoms with Gasteiger partial charge in [-0.2, -0.15) is 0 Å². The monoisotopic (exact) mass is 446 g/mol. The minimum absolute atomic E-state index is 0.0914. The fraction of sp³-hybridized carbons (Fsp3) is 0.750. The summed E-state index contributed by atoms with van der Waals surface area (Å²) >= 11 is 0. The molecular weight excluding hydrogens is 400 g/mol. The number of hydrogen-bond acceptors (Lipinski definition) is 3. The van der Waals surface area contributed by atoms with Crippen LogP contribution in [0.3, 0.4) is 0 Å². The van der Waals surface area contributed by atoms with Gasteiger partial charge in [-0.05, 0) is 95.4 Å². The van der Waals surface area contributed by atoms with Gasteiger partial charge < -0.3 is 14.6 Å². The molecule has 2 rings (SSSR count). The van der Waals surface area contributed by atoms with Gasteiger partial charge in [0.05, 0.1) is 11.5 Å². The zero-order valence-electron chi connectivity index (χ0n) is 21.5. The molecule has 0 radical (unpaired) electrons. The van der Waals surface area contributed by atoms with E-state index in [-0.39, 0.29) is 11.7 Å². The first kappa shape index (κ1) is 26.5. The zero-order valence-corrected chi connectivity index (χ0v) is 21.5. The number of rotatable bonds is 13. The Labute approximate surface area is 196 Å². The molecule has 4 heteroatoms. The van der Waals surface area contributed by atoms with Crippen molar-refractivity contribution < 1.29 is 19.4 Å². The van der Waals surface area contributed by atoms with E-state index in [2.05, 4.69) is 33.8 Å². The predicted molar refractivity (Wildman–Crippen MR) is 132 cm³/mol. The molecule has 0 bridgehead atoms. The Hall–Kier alpha value is -1.71. The first-order chi connectivity index (χ1) is 14.9. The summed E-state index contributed by atoms with van der Waals surface area (Å²) < 4.78 is 12.5. The maximum atomic E-state index is 11.4. The van der Waals surface area contributed by atoms with Gasteiger partial charge in [-0.25, -0.2) is 0 Å². The summed E-state index contributed by atoms with van der Waals surface area (Å²) in [5, 5.41) is 9.34. The van der Waals surface area contributed by atoms with Crippen molar-refractivity contribution in [1.82, 2.24) is 0 Å². The van der Waals surface area contributed by atoms with Crippen LogP contribution in [0.5, 0.6) is 11.5 Å². The topological polar surface area (TPSA) is 55.8 Å². The fourth-order valence-corrected chi connectivity index (χ4v) is 4.74. The second kappa shape index (κ2) is 11.4. The van der Waals surface area contributed by atoms with Crippen molar-refractivity contribution in [3.05, 3.63) is 23.8 Å². The van der Waals surface area contributed by atoms with Crippen LogP contribution in [0.1, 0.15) is 105 Å². The lowest BCUT2D eigenvalue weighted by Gasteiger charge is -2.36. The summed E-state index contributed by atoms with van der Waals surface area (Å²) in [6, 6.07) is 6.04. The van der Waals surface area contributed by atoms with Gasteiger partial charge >= 0.3 is 5.97 Å². The number of ether oxygens (including phenoxy) is 2. The van der Waals surface area contributed by atoms with E-state index in [1.54, 1.807) is 13.8 Å². The molecule has 0 aliphatic carbocycles. The third kappa shape index (κ3) is 8.33. The van der Waals surface area contributed by atoms with E-state index < -0.39 is 11.4 Å². The number of carbonyl (C=O) groups is 1. The summed E-state index contributed by atoms with van der Waals surface area (Å²) in [5.41, 5.74) is 0.294. The summed E-state index contributed by atoms with van der Waals surface area (Å²) in [5.74, 6) is 2.56. The maximum Gasteiger partial charge on any atom is 0.309 e. The number of aryl methyl sites for hydroxylation is 1. The Balaban J connectivity index is 1.84. The SMILES string of the molecule is CC(C)CCCC(C)CCCC1(C)CCc2cc(OC(C)CC(C)(C)C(=O)O)ccc2O1. The molecule has 1 heterocycles. The number of fused-ring (bicyclic) bond motifs is 1. The second-order valence-corrected chi connectivity index (χ2v) is 11.5. The van der Waals surface area contributed by atoms with Crippen LogP contribution in [0, 0.1) is 17.3 Å². The zero-order chi connectivity index (χ0) is 23.9. The minimum atomic E-state index is -0.801. The molecule has 3 unspecified atom stereocenters. The van der Waals surface area contributed by atoms with Crippen molar-refractivity contribution >= 4 is 5.97 Å². The quantitative estimate of drug-likeness (QED) is 0.338. The molecule has 1 aliphatic rings. The molecule has 0 amide bonds. The molecule has 1 aromatic rings. The normalized spacial score (nSPS) is 20.4. The van der Waals surface area contributed by atoms with Crippen LogP contribution in [0.2, 0.25) is 0 Å². The van der Waals surface area contributed by atoms with Crippen molar-refractivity contribution in [2.75, 3.05) is 0 Å². The summed E-state index contributed by atoms with van der Waals surface area (Å²) in [4.78, 5) is 11.4. The van der Waals surface area contributed by atoms with E-state index >= 15 is 0 Å².